The number of aliphatic hydroxyl groups is 1. The topological polar surface area (TPSA) is 66.8 Å². The standard InChI is InChI=1S/C9H9FO4/c1-14-7-3-2-5(4-6(7)10)8(11)9(12)13/h2-4,8,11H,1H3,(H,12,13)/t8-/m0/s1. The molecule has 0 saturated heterocycles. The highest BCUT2D eigenvalue weighted by Gasteiger charge is 2.17. The van der Waals surface area contributed by atoms with E-state index < -0.39 is 17.9 Å². The van der Waals surface area contributed by atoms with E-state index in [1.54, 1.807) is 0 Å². The molecule has 0 aliphatic heterocycles. The summed E-state index contributed by atoms with van der Waals surface area (Å²) in [5.74, 6) is -2.12. The van der Waals surface area contributed by atoms with E-state index in [0.29, 0.717) is 0 Å². The molecule has 0 aromatic heterocycles. The summed E-state index contributed by atoms with van der Waals surface area (Å²) >= 11 is 0. The Morgan fingerprint density at radius 2 is 2.21 bits per heavy atom. The second-order valence-electron chi connectivity index (χ2n) is 2.63. The number of carbonyl (C=O) groups is 1. The third-order valence-corrected chi connectivity index (χ3v) is 1.73. The van der Waals surface area contributed by atoms with Crippen LogP contribution in [0.3, 0.4) is 0 Å². The fourth-order valence-electron chi connectivity index (χ4n) is 0.995. The van der Waals surface area contributed by atoms with Crippen LogP contribution in [0.2, 0.25) is 0 Å². The van der Waals surface area contributed by atoms with E-state index in [-0.39, 0.29) is 11.3 Å². The Balaban J connectivity index is 3.02. The summed E-state index contributed by atoms with van der Waals surface area (Å²) < 4.78 is 17.7. The molecule has 14 heavy (non-hydrogen) atoms. The van der Waals surface area contributed by atoms with Crippen molar-refractivity contribution in [1.82, 2.24) is 0 Å². The van der Waals surface area contributed by atoms with Crippen LogP contribution in [-0.2, 0) is 4.79 Å². The molecule has 1 aromatic rings. The first-order valence-corrected chi connectivity index (χ1v) is 3.80. The molecule has 0 spiro atoms. The third kappa shape index (κ3) is 2.00. The van der Waals surface area contributed by atoms with Crippen molar-refractivity contribution >= 4 is 5.97 Å². The van der Waals surface area contributed by atoms with Crippen molar-refractivity contribution in [3.8, 4) is 5.75 Å². The number of hydrogen-bond donors (Lipinski definition) is 2. The van der Waals surface area contributed by atoms with Gasteiger partial charge in [-0.25, -0.2) is 9.18 Å². The zero-order valence-corrected chi connectivity index (χ0v) is 7.40. The van der Waals surface area contributed by atoms with Crippen LogP contribution in [0.25, 0.3) is 0 Å². The van der Waals surface area contributed by atoms with Gasteiger partial charge in [0.2, 0.25) is 0 Å². The van der Waals surface area contributed by atoms with Gasteiger partial charge in [-0.1, -0.05) is 6.07 Å². The molecule has 0 radical (unpaired) electrons. The molecule has 0 aliphatic rings. The first kappa shape index (κ1) is 10.5. The van der Waals surface area contributed by atoms with Gasteiger partial charge in [0.05, 0.1) is 7.11 Å². The minimum atomic E-state index is -1.71. The summed E-state index contributed by atoms with van der Waals surface area (Å²) in [7, 11) is 1.30. The maximum absolute atomic E-state index is 13.0. The van der Waals surface area contributed by atoms with Crippen molar-refractivity contribution < 1.29 is 24.1 Å². The van der Waals surface area contributed by atoms with Crippen LogP contribution in [0.1, 0.15) is 11.7 Å². The normalized spacial score (nSPS) is 12.2. The molecule has 0 saturated carbocycles. The van der Waals surface area contributed by atoms with Gasteiger partial charge in [0.25, 0.3) is 0 Å². The fourth-order valence-corrected chi connectivity index (χ4v) is 0.995. The molecular weight excluding hydrogens is 191 g/mol. The molecule has 2 N–H and O–H groups in total. The van der Waals surface area contributed by atoms with E-state index >= 15 is 0 Å². The van der Waals surface area contributed by atoms with Gasteiger partial charge < -0.3 is 14.9 Å². The van der Waals surface area contributed by atoms with E-state index in [0.717, 1.165) is 6.07 Å². The lowest BCUT2D eigenvalue weighted by molar-refractivity contribution is -0.146. The largest absolute Gasteiger partial charge is 0.494 e. The van der Waals surface area contributed by atoms with Crippen molar-refractivity contribution in [2.45, 2.75) is 6.10 Å². The number of aliphatic hydroxyl groups excluding tert-OH is 1. The first-order chi connectivity index (χ1) is 6.56. The van der Waals surface area contributed by atoms with Crippen LogP contribution < -0.4 is 4.74 Å². The SMILES string of the molecule is COc1ccc([C@H](O)C(=O)O)cc1F. The Morgan fingerprint density at radius 1 is 1.57 bits per heavy atom. The second-order valence-corrected chi connectivity index (χ2v) is 2.63. The second kappa shape index (κ2) is 4.06. The molecule has 1 rings (SSSR count). The smallest absolute Gasteiger partial charge is 0.337 e. The number of hydrogen-bond acceptors (Lipinski definition) is 3. The molecule has 0 aliphatic carbocycles. The van der Waals surface area contributed by atoms with E-state index in [9.17, 15) is 9.18 Å². The number of aliphatic carboxylic acids is 1. The molecule has 0 heterocycles. The van der Waals surface area contributed by atoms with Crippen LogP contribution in [-0.4, -0.2) is 23.3 Å². The summed E-state index contributed by atoms with van der Waals surface area (Å²) in [5.41, 5.74) is -0.0178. The van der Waals surface area contributed by atoms with Gasteiger partial charge >= 0.3 is 5.97 Å². The summed E-state index contributed by atoms with van der Waals surface area (Å²) in [6.45, 7) is 0. The van der Waals surface area contributed by atoms with Crippen molar-refractivity contribution in [3.63, 3.8) is 0 Å². The van der Waals surface area contributed by atoms with E-state index in [4.69, 9.17) is 10.2 Å². The zero-order valence-electron chi connectivity index (χ0n) is 7.40. The monoisotopic (exact) mass is 200 g/mol. The quantitative estimate of drug-likeness (QED) is 0.762. The number of carboxylic acids is 1. The summed E-state index contributed by atoms with van der Waals surface area (Å²) in [5, 5.41) is 17.5. The third-order valence-electron chi connectivity index (χ3n) is 1.73. The lowest BCUT2D eigenvalue weighted by Gasteiger charge is -2.07. The zero-order chi connectivity index (χ0) is 10.7. The molecule has 76 valence electrons. The molecule has 0 fully saturated rings. The molecule has 0 bridgehead atoms. The van der Waals surface area contributed by atoms with E-state index in [1.807, 2.05) is 0 Å². The average molecular weight is 200 g/mol. The molecule has 0 amide bonds. The number of carboxylic acid groups (broad SMARTS) is 1. The number of halogens is 1. The average Bonchev–Trinajstić information content (AvgIpc) is 2.16. The highest BCUT2D eigenvalue weighted by atomic mass is 19.1. The first-order valence-electron chi connectivity index (χ1n) is 3.80. The van der Waals surface area contributed by atoms with Crippen LogP contribution in [0, 0.1) is 5.82 Å². The molecule has 1 aromatic carbocycles. The van der Waals surface area contributed by atoms with Crippen LogP contribution in [0.4, 0.5) is 4.39 Å². The lowest BCUT2D eigenvalue weighted by Crippen LogP contribution is -2.10. The maximum atomic E-state index is 13.0. The predicted molar refractivity (Wildman–Crippen MR) is 45.5 cm³/mol. The van der Waals surface area contributed by atoms with Gasteiger partial charge in [-0.2, -0.15) is 0 Å². The lowest BCUT2D eigenvalue weighted by atomic mass is 10.1. The number of benzene rings is 1. The summed E-state index contributed by atoms with van der Waals surface area (Å²) in [6, 6.07) is 3.48. The van der Waals surface area contributed by atoms with Gasteiger partial charge in [-0.3, -0.25) is 0 Å². The summed E-state index contributed by atoms with van der Waals surface area (Å²) in [4.78, 5) is 10.4. The minimum Gasteiger partial charge on any atom is -0.494 e. The van der Waals surface area contributed by atoms with E-state index in [2.05, 4.69) is 4.74 Å². The van der Waals surface area contributed by atoms with Crippen LogP contribution in [0.5, 0.6) is 5.75 Å². The molecule has 1 atom stereocenters. The van der Waals surface area contributed by atoms with Crippen LogP contribution in [0.15, 0.2) is 18.2 Å². The van der Waals surface area contributed by atoms with Crippen molar-refractivity contribution in [3.05, 3.63) is 29.6 Å². The van der Waals surface area contributed by atoms with E-state index in [1.165, 1.54) is 19.2 Å². The Hall–Kier alpha value is -1.62. The van der Waals surface area contributed by atoms with Crippen molar-refractivity contribution in [1.29, 1.82) is 0 Å². The number of ether oxygens (including phenoxy) is 1. The number of methoxy groups -OCH3 is 1. The van der Waals surface area contributed by atoms with Gasteiger partial charge in [0.1, 0.15) is 0 Å². The van der Waals surface area contributed by atoms with Gasteiger partial charge in [-0.05, 0) is 17.7 Å². The fraction of sp³-hybridized carbons (Fsp3) is 0.222. The molecule has 5 heteroatoms. The van der Waals surface area contributed by atoms with Gasteiger partial charge in [0, 0.05) is 0 Å². The Bertz CT molecular complexity index is 351. The Kier molecular flexibility index (Phi) is 3.03. The highest BCUT2D eigenvalue weighted by Crippen LogP contribution is 2.21. The highest BCUT2D eigenvalue weighted by molar-refractivity contribution is 5.74. The Labute approximate surface area is 79.6 Å². The minimum absolute atomic E-state index is 0.00587. The number of rotatable bonds is 3. The van der Waals surface area contributed by atoms with Crippen molar-refractivity contribution in [2.24, 2.45) is 0 Å². The van der Waals surface area contributed by atoms with Gasteiger partial charge in [0.15, 0.2) is 17.7 Å². The predicted octanol–water partition coefficient (Wildman–Crippen LogP) is 0.952. The van der Waals surface area contributed by atoms with Crippen LogP contribution >= 0.6 is 0 Å². The van der Waals surface area contributed by atoms with Crippen molar-refractivity contribution in [2.75, 3.05) is 7.11 Å². The molecule has 0 unspecified atom stereocenters. The Morgan fingerprint density at radius 3 is 2.64 bits per heavy atom. The molecular formula is C9H9FO4. The molecule has 4 nitrogen and oxygen atoms in total. The maximum Gasteiger partial charge on any atom is 0.337 e. The van der Waals surface area contributed by atoms with Gasteiger partial charge in [-0.15, -0.1) is 0 Å². The summed E-state index contributed by atoms with van der Waals surface area (Å²) in [6.07, 6.45) is -1.71.